The molecule has 0 radical (unpaired) electrons. The van der Waals surface area contributed by atoms with E-state index in [0.29, 0.717) is 12.5 Å². The van der Waals surface area contributed by atoms with Crippen LogP contribution < -0.4 is 10.0 Å². The highest BCUT2D eigenvalue weighted by Crippen LogP contribution is 2.17. The fourth-order valence-electron chi connectivity index (χ4n) is 3.15. The molecule has 33 heavy (non-hydrogen) atoms. The van der Waals surface area contributed by atoms with Crippen LogP contribution in [0.25, 0.3) is 0 Å². The second-order valence-corrected chi connectivity index (χ2v) is 9.67. The van der Waals surface area contributed by atoms with Crippen LogP contribution in [0.15, 0.2) is 28.9 Å². The quantitative estimate of drug-likeness (QED) is 0.317. The number of aromatic nitrogens is 1. The van der Waals surface area contributed by atoms with Crippen molar-refractivity contribution >= 4 is 21.9 Å². The molecule has 9 nitrogen and oxygen atoms in total. The number of nitrogens with zero attached hydrogens (tertiary/aromatic N) is 1. The Balaban J connectivity index is 2.20. The monoisotopic (exact) mass is 489 g/mol. The number of carbonyl (C=O) groups is 1. The maximum absolute atomic E-state index is 13.6. The molecule has 1 aromatic heterocycles. The summed E-state index contributed by atoms with van der Waals surface area (Å²) in [6.07, 6.45) is 0.769. The molecule has 3 atom stereocenters. The lowest BCUT2D eigenvalue weighted by Crippen LogP contribution is -2.50. The first kappa shape index (κ1) is 26.7. The van der Waals surface area contributed by atoms with Gasteiger partial charge >= 0.3 is 6.01 Å². The molecule has 1 aromatic carbocycles. The summed E-state index contributed by atoms with van der Waals surface area (Å²) in [4.78, 5) is 16.4. The number of sulfonamides is 1. The van der Waals surface area contributed by atoms with E-state index in [4.69, 9.17) is 4.42 Å². The third-order valence-electron chi connectivity index (χ3n) is 4.96. The van der Waals surface area contributed by atoms with Gasteiger partial charge in [-0.1, -0.05) is 26.2 Å². The molecule has 0 bridgehead atoms. The first-order valence-corrected chi connectivity index (χ1v) is 12.3. The zero-order valence-electron chi connectivity index (χ0n) is 18.4. The van der Waals surface area contributed by atoms with Crippen molar-refractivity contribution in [1.29, 1.82) is 0 Å². The number of nitrogens with one attached hydrogen (secondary N) is 2. The van der Waals surface area contributed by atoms with Gasteiger partial charge in [-0.2, -0.15) is 4.98 Å². The van der Waals surface area contributed by atoms with Gasteiger partial charge in [0.15, 0.2) is 5.69 Å². The van der Waals surface area contributed by atoms with Crippen molar-refractivity contribution in [2.24, 2.45) is 0 Å². The molecule has 2 rings (SSSR count). The van der Waals surface area contributed by atoms with E-state index in [-0.39, 0.29) is 29.9 Å². The third-order valence-corrected chi connectivity index (χ3v) is 6.21. The summed E-state index contributed by atoms with van der Waals surface area (Å²) >= 11 is 0. The topological polar surface area (TPSA) is 142 Å². The van der Waals surface area contributed by atoms with Gasteiger partial charge in [0.1, 0.15) is 24.0 Å². The summed E-state index contributed by atoms with van der Waals surface area (Å²) in [6, 6.07) is 1.29. The van der Waals surface area contributed by atoms with Crippen LogP contribution in [-0.2, 0) is 16.4 Å². The molecule has 184 valence electrons. The predicted octanol–water partition coefficient (Wildman–Crippen LogP) is 2.36. The van der Waals surface area contributed by atoms with Crippen LogP contribution in [0, 0.1) is 11.6 Å². The van der Waals surface area contributed by atoms with Crippen LogP contribution in [0.5, 0.6) is 0 Å². The SMILES string of the molecule is CCCCCC(O)C(O)C(Cc1cc(F)cc(F)c1)NC(=O)c1coc(NS(=O)(=O)CC)n1. The Hall–Kier alpha value is -2.57. The van der Waals surface area contributed by atoms with Crippen molar-refractivity contribution in [2.45, 2.75) is 64.2 Å². The van der Waals surface area contributed by atoms with Crippen molar-refractivity contribution in [2.75, 3.05) is 10.5 Å². The van der Waals surface area contributed by atoms with Gasteiger partial charge < -0.3 is 19.9 Å². The predicted molar refractivity (Wildman–Crippen MR) is 117 cm³/mol. The number of benzene rings is 1. The molecule has 1 heterocycles. The van der Waals surface area contributed by atoms with Crippen LogP contribution in [0.4, 0.5) is 14.8 Å². The Labute approximate surface area is 191 Å². The molecule has 2 aromatic rings. The summed E-state index contributed by atoms with van der Waals surface area (Å²) < 4.78 is 57.5. The van der Waals surface area contributed by atoms with Crippen molar-refractivity contribution in [1.82, 2.24) is 10.3 Å². The summed E-state index contributed by atoms with van der Waals surface area (Å²) in [5, 5.41) is 23.5. The summed E-state index contributed by atoms with van der Waals surface area (Å²) in [5.41, 5.74) is -0.124. The largest absolute Gasteiger partial charge is 0.431 e. The molecule has 0 saturated carbocycles. The van der Waals surface area contributed by atoms with Gasteiger partial charge in [-0.3, -0.25) is 4.79 Å². The maximum atomic E-state index is 13.6. The molecular formula is C21H29F2N3O6S. The van der Waals surface area contributed by atoms with Gasteiger partial charge in [0.05, 0.1) is 17.9 Å². The Morgan fingerprint density at radius 1 is 1.15 bits per heavy atom. The van der Waals surface area contributed by atoms with Gasteiger partial charge in [0.2, 0.25) is 10.0 Å². The second-order valence-electron chi connectivity index (χ2n) is 7.66. The van der Waals surface area contributed by atoms with Crippen LogP contribution in [-0.4, -0.2) is 53.5 Å². The minimum absolute atomic E-state index is 0.161. The van der Waals surface area contributed by atoms with E-state index in [0.717, 1.165) is 31.2 Å². The van der Waals surface area contributed by atoms with Crippen LogP contribution in [0.3, 0.4) is 0 Å². The van der Waals surface area contributed by atoms with E-state index in [1.165, 1.54) is 6.92 Å². The number of hydrogen-bond donors (Lipinski definition) is 4. The molecule has 1 amide bonds. The number of unbranched alkanes of at least 4 members (excludes halogenated alkanes) is 2. The van der Waals surface area contributed by atoms with Gasteiger partial charge in [-0.15, -0.1) is 0 Å². The average Bonchev–Trinajstić information content (AvgIpc) is 3.20. The Bertz CT molecular complexity index is 1010. The molecule has 0 aliphatic carbocycles. The molecule has 0 saturated heterocycles. The first-order valence-electron chi connectivity index (χ1n) is 10.6. The number of halogens is 2. The lowest BCUT2D eigenvalue weighted by molar-refractivity contribution is -0.00836. The molecule has 0 aliphatic rings. The first-order chi connectivity index (χ1) is 15.5. The van der Waals surface area contributed by atoms with Crippen LogP contribution >= 0.6 is 0 Å². The van der Waals surface area contributed by atoms with E-state index in [9.17, 15) is 32.2 Å². The summed E-state index contributed by atoms with van der Waals surface area (Å²) in [6.45, 7) is 3.39. The standard InChI is InChI=1S/C21H29F2N3O6S/c1-3-5-6-7-18(27)19(28)16(10-13-8-14(22)11-15(23)9-13)24-20(29)17-12-32-21(25-17)26-33(30,31)4-2/h8-9,11-12,16,18-19,27-28H,3-7,10H2,1-2H3,(H,24,29)(H,25,26). The number of oxazole rings is 1. The molecular weight excluding hydrogens is 460 g/mol. The van der Waals surface area contributed by atoms with E-state index < -0.39 is 51.8 Å². The molecule has 0 fully saturated rings. The lowest BCUT2D eigenvalue weighted by atomic mass is 9.94. The fraction of sp³-hybridized carbons (Fsp3) is 0.524. The maximum Gasteiger partial charge on any atom is 0.309 e. The molecule has 0 spiro atoms. The third kappa shape index (κ3) is 8.37. The number of aliphatic hydroxyl groups is 2. The van der Waals surface area contributed by atoms with Crippen molar-refractivity contribution in [3.8, 4) is 0 Å². The van der Waals surface area contributed by atoms with Crippen molar-refractivity contribution in [3.05, 3.63) is 47.4 Å². The van der Waals surface area contributed by atoms with Gasteiger partial charge in [-0.05, 0) is 37.5 Å². The van der Waals surface area contributed by atoms with Crippen LogP contribution in [0.1, 0.15) is 55.6 Å². The Morgan fingerprint density at radius 3 is 2.42 bits per heavy atom. The van der Waals surface area contributed by atoms with Gasteiger partial charge in [0.25, 0.3) is 5.91 Å². The number of amides is 1. The highest BCUT2D eigenvalue weighted by molar-refractivity contribution is 7.92. The number of carbonyl (C=O) groups excluding carboxylic acids is 1. The summed E-state index contributed by atoms with van der Waals surface area (Å²) in [5.74, 6) is -2.71. The molecule has 12 heteroatoms. The number of aliphatic hydroxyl groups excluding tert-OH is 2. The molecule has 0 aliphatic heterocycles. The number of rotatable bonds is 13. The minimum atomic E-state index is -3.67. The lowest BCUT2D eigenvalue weighted by Gasteiger charge is -2.28. The number of anilines is 1. The van der Waals surface area contributed by atoms with E-state index in [2.05, 4.69) is 15.0 Å². The second kappa shape index (κ2) is 12.1. The Kier molecular flexibility index (Phi) is 9.74. The van der Waals surface area contributed by atoms with Crippen molar-refractivity contribution in [3.63, 3.8) is 0 Å². The fourth-order valence-corrected chi connectivity index (χ4v) is 3.66. The van der Waals surface area contributed by atoms with Gasteiger partial charge in [-0.25, -0.2) is 21.9 Å². The molecule has 4 N–H and O–H groups in total. The smallest absolute Gasteiger partial charge is 0.309 e. The van der Waals surface area contributed by atoms with Crippen molar-refractivity contribution < 1.29 is 36.6 Å². The van der Waals surface area contributed by atoms with Gasteiger partial charge in [0, 0.05) is 6.07 Å². The summed E-state index contributed by atoms with van der Waals surface area (Å²) in [7, 11) is -3.67. The Morgan fingerprint density at radius 2 is 1.82 bits per heavy atom. The highest BCUT2D eigenvalue weighted by Gasteiger charge is 2.29. The van der Waals surface area contributed by atoms with E-state index in [1.54, 1.807) is 0 Å². The normalized spacial score (nSPS) is 14.5. The molecule has 3 unspecified atom stereocenters. The zero-order valence-corrected chi connectivity index (χ0v) is 19.2. The van der Waals surface area contributed by atoms with Crippen LogP contribution in [0.2, 0.25) is 0 Å². The number of hydrogen-bond acceptors (Lipinski definition) is 7. The van der Waals surface area contributed by atoms with E-state index in [1.807, 2.05) is 6.92 Å². The minimum Gasteiger partial charge on any atom is -0.431 e. The zero-order chi connectivity index (χ0) is 24.6. The van der Waals surface area contributed by atoms with E-state index >= 15 is 0 Å². The highest BCUT2D eigenvalue weighted by atomic mass is 32.2. The average molecular weight is 490 g/mol.